The molecule has 8 heteroatoms. The Morgan fingerprint density at radius 3 is 1.69 bits per heavy atom. The van der Waals surface area contributed by atoms with Crippen LogP contribution >= 0.6 is 0 Å². The first kappa shape index (κ1) is 34.0. The van der Waals surface area contributed by atoms with Gasteiger partial charge in [0.1, 0.15) is 6.61 Å². The Bertz CT molecular complexity index is 1820. The van der Waals surface area contributed by atoms with E-state index in [1.165, 1.54) is 11.1 Å². The molecule has 252 valence electrons. The Morgan fingerprint density at radius 2 is 1.16 bits per heavy atom. The average molecular weight is 674 g/mol. The first-order valence-corrected chi connectivity index (χ1v) is 18.3. The van der Waals surface area contributed by atoms with Gasteiger partial charge in [0.05, 0.1) is 10.6 Å². The van der Waals surface area contributed by atoms with Crippen molar-refractivity contribution in [2.24, 2.45) is 0 Å². The lowest BCUT2D eigenvalue weighted by Gasteiger charge is -2.38. The average Bonchev–Trinajstić information content (AvgIpc) is 3.15. The first-order valence-electron chi connectivity index (χ1n) is 16.9. The van der Waals surface area contributed by atoms with Crippen molar-refractivity contribution in [2.75, 3.05) is 24.0 Å². The first-order chi connectivity index (χ1) is 23.9. The minimum Gasteiger partial charge on any atom is -0.448 e. The second-order valence-corrected chi connectivity index (χ2v) is 14.4. The van der Waals surface area contributed by atoms with Crippen molar-refractivity contribution in [3.8, 4) is 11.1 Å². The molecule has 0 spiro atoms. The number of hydrogen-bond acceptors (Lipinski definition) is 5. The van der Waals surface area contributed by atoms with Crippen LogP contribution in [0.3, 0.4) is 0 Å². The molecule has 0 N–H and O–H groups in total. The van der Waals surface area contributed by atoms with Crippen LogP contribution in [0.1, 0.15) is 30.9 Å². The number of amides is 1. The van der Waals surface area contributed by atoms with E-state index >= 15 is 0 Å². The van der Waals surface area contributed by atoms with Gasteiger partial charge in [0, 0.05) is 38.3 Å². The predicted octanol–water partition coefficient (Wildman–Crippen LogP) is 8.24. The third-order valence-electron chi connectivity index (χ3n) is 9.11. The summed E-state index contributed by atoms with van der Waals surface area (Å²) < 4.78 is 35.8. The fraction of sp³-hybridized carbons (Fsp3) is 0.244. The molecule has 1 aliphatic rings. The predicted molar refractivity (Wildman–Crippen MR) is 196 cm³/mol. The smallest absolute Gasteiger partial charge is 0.409 e. The molecule has 0 aliphatic carbocycles. The van der Waals surface area contributed by atoms with Crippen LogP contribution in [0.5, 0.6) is 0 Å². The van der Waals surface area contributed by atoms with Gasteiger partial charge >= 0.3 is 6.09 Å². The topological polar surface area (TPSA) is 70.2 Å². The van der Waals surface area contributed by atoms with E-state index < -0.39 is 10.0 Å². The molecule has 6 rings (SSSR count). The van der Waals surface area contributed by atoms with E-state index in [4.69, 9.17) is 4.74 Å². The molecule has 0 radical (unpaired) electrons. The summed E-state index contributed by atoms with van der Waals surface area (Å²) >= 11 is 0. The van der Waals surface area contributed by atoms with Gasteiger partial charge in [0.25, 0.3) is 10.0 Å². The van der Waals surface area contributed by atoms with Crippen molar-refractivity contribution in [3.05, 3.63) is 157 Å². The maximum atomic E-state index is 14.2. The molecule has 1 amide bonds. The van der Waals surface area contributed by atoms with E-state index in [1.54, 1.807) is 21.3 Å². The zero-order chi connectivity index (χ0) is 34.1. The minimum absolute atomic E-state index is 0.0195. The van der Waals surface area contributed by atoms with Crippen molar-refractivity contribution < 1.29 is 17.9 Å². The fourth-order valence-corrected chi connectivity index (χ4v) is 8.07. The molecule has 0 bridgehead atoms. The minimum atomic E-state index is -3.88. The van der Waals surface area contributed by atoms with Gasteiger partial charge in [-0.05, 0) is 66.3 Å². The molecule has 1 fully saturated rings. The number of sulfonamides is 1. The highest BCUT2D eigenvalue weighted by molar-refractivity contribution is 7.92. The number of benzene rings is 5. The molecule has 5 aromatic carbocycles. The van der Waals surface area contributed by atoms with Gasteiger partial charge in [-0.3, -0.25) is 9.21 Å². The molecule has 1 saturated heterocycles. The highest BCUT2D eigenvalue weighted by Crippen LogP contribution is 2.32. The van der Waals surface area contributed by atoms with Crippen LogP contribution in [-0.2, 0) is 27.8 Å². The van der Waals surface area contributed by atoms with Crippen LogP contribution in [0.4, 0.5) is 10.5 Å². The summed E-state index contributed by atoms with van der Waals surface area (Å²) in [6.45, 7) is 4.61. The Kier molecular flexibility index (Phi) is 11.1. The standard InChI is InChI=1S/C41H43N3O4S/c1-33(43(30-34-14-6-2-7-15-34)31-35-16-8-3-9-17-35)32-48-41(45)42-28-26-39(27-29-42)44(38-20-12-5-13-21-38)49(46,47)40-24-22-37(23-25-40)36-18-10-4-11-19-36/h2-25,33,39H,26-32H2,1H3. The zero-order valence-corrected chi connectivity index (χ0v) is 28.7. The summed E-state index contributed by atoms with van der Waals surface area (Å²) in [6, 6.07) is 46.5. The highest BCUT2D eigenvalue weighted by Gasteiger charge is 2.35. The lowest BCUT2D eigenvalue weighted by Crippen LogP contribution is -2.49. The number of carbonyl (C=O) groups is 1. The molecule has 5 aromatic rings. The van der Waals surface area contributed by atoms with Crippen molar-refractivity contribution >= 4 is 21.8 Å². The normalized spacial score (nSPS) is 14.4. The van der Waals surface area contributed by atoms with Crippen molar-refractivity contribution in [2.45, 2.75) is 49.8 Å². The Morgan fingerprint density at radius 1 is 0.694 bits per heavy atom. The van der Waals surface area contributed by atoms with E-state index in [0.717, 1.165) is 24.2 Å². The molecule has 7 nitrogen and oxygen atoms in total. The van der Waals surface area contributed by atoms with Gasteiger partial charge in [0.2, 0.25) is 0 Å². The third-order valence-corrected chi connectivity index (χ3v) is 11.0. The molecule has 1 unspecified atom stereocenters. The van der Waals surface area contributed by atoms with E-state index in [-0.39, 0.29) is 29.7 Å². The second kappa shape index (κ2) is 16.0. The van der Waals surface area contributed by atoms with Gasteiger partial charge < -0.3 is 9.64 Å². The number of carbonyl (C=O) groups excluding carboxylic acids is 1. The largest absolute Gasteiger partial charge is 0.448 e. The van der Waals surface area contributed by atoms with Crippen LogP contribution in [0.2, 0.25) is 0 Å². The maximum absolute atomic E-state index is 14.2. The number of rotatable bonds is 12. The summed E-state index contributed by atoms with van der Waals surface area (Å²) in [6.07, 6.45) is 0.625. The van der Waals surface area contributed by atoms with E-state index in [2.05, 4.69) is 36.1 Å². The van der Waals surface area contributed by atoms with E-state index in [1.807, 2.05) is 109 Å². The van der Waals surface area contributed by atoms with Crippen LogP contribution in [0, 0.1) is 0 Å². The Hall–Kier alpha value is -4.92. The number of piperidine rings is 1. The summed E-state index contributed by atoms with van der Waals surface area (Å²) in [7, 11) is -3.88. The van der Waals surface area contributed by atoms with Gasteiger partial charge in [-0.1, -0.05) is 121 Å². The molecule has 1 atom stereocenters. The van der Waals surface area contributed by atoms with E-state index in [9.17, 15) is 13.2 Å². The summed E-state index contributed by atoms with van der Waals surface area (Å²) in [5, 5.41) is 0. The summed E-state index contributed by atoms with van der Waals surface area (Å²) in [5.41, 5.74) is 4.99. The molecule has 0 aromatic heterocycles. The maximum Gasteiger partial charge on any atom is 0.409 e. The van der Waals surface area contributed by atoms with Crippen LogP contribution < -0.4 is 4.31 Å². The summed E-state index contributed by atoms with van der Waals surface area (Å²) in [4.78, 5) is 17.6. The number of likely N-dealkylation sites (tertiary alicyclic amines) is 1. The van der Waals surface area contributed by atoms with Crippen LogP contribution in [0.15, 0.2) is 150 Å². The third kappa shape index (κ3) is 8.57. The number of para-hydroxylation sites is 1. The van der Waals surface area contributed by atoms with Crippen molar-refractivity contribution in [3.63, 3.8) is 0 Å². The molecule has 0 saturated carbocycles. The number of hydrogen-bond donors (Lipinski definition) is 0. The van der Waals surface area contributed by atoms with E-state index in [0.29, 0.717) is 31.6 Å². The van der Waals surface area contributed by atoms with Crippen LogP contribution in [0.25, 0.3) is 11.1 Å². The number of anilines is 1. The molecule has 1 heterocycles. The Labute approximate surface area is 290 Å². The SMILES string of the molecule is CC(COC(=O)N1CCC(N(c2ccccc2)S(=O)(=O)c2ccc(-c3ccccc3)cc2)CC1)N(Cc1ccccc1)Cc1ccccc1. The number of ether oxygens (including phenoxy) is 1. The van der Waals surface area contributed by atoms with Gasteiger partial charge in [-0.15, -0.1) is 0 Å². The lowest BCUT2D eigenvalue weighted by atomic mass is 10.0. The van der Waals surface area contributed by atoms with Crippen molar-refractivity contribution in [1.82, 2.24) is 9.80 Å². The van der Waals surface area contributed by atoms with Gasteiger partial charge in [-0.2, -0.15) is 0 Å². The zero-order valence-electron chi connectivity index (χ0n) is 27.8. The molecular weight excluding hydrogens is 631 g/mol. The summed E-state index contributed by atoms with van der Waals surface area (Å²) in [5.74, 6) is 0. The molecular formula is C41H43N3O4S. The highest BCUT2D eigenvalue weighted by atomic mass is 32.2. The second-order valence-electron chi connectivity index (χ2n) is 12.5. The molecule has 49 heavy (non-hydrogen) atoms. The Balaban J connectivity index is 1.10. The van der Waals surface area contributed by atoms with Gasteiger partial charge in [-0.25, -0.2) is 13.2 Å². The fourth-order valence-electron chi connectivity index (χ4n) is 6.36. The quantitative estimate of drug-likeness (QED) is 0.133. The molecule has 1 aliphatic heterocycles. The monoisotopic (exact) mass is 673 g/mol. The number of nitrogens with zero attached hydrogens (tertiary/aromatic N) is 3. The van der Waals surface area contributed by atoms with Crippen LogP contribution in [-0.4, -0.2) is 56.1 Å². The lowest BCUT2D eigenvalue weighted by molar-refractivity contribution is 0.0592. The van der Waals surface area contributed by atoms with Crippen molar-refractivity contribution in [1.29, 1.82) is 0 Å². The van der Waals surface area contributed by atoms with Gasteiger partial charge in [0.15, 0.2) is 0 Å².